The SMILES string of the molecule is NC(=O)CC(Nc1cc(-c2ccccc2)ncn1)C1CCOCC1. The van der Waals surface area contributed by atoms with E-state index >= 15 is 0 Å². The molecule has 6 heteroatoms. The Morgan fingerprint density at radius 1 is 1.25 bits per heavy atom. The number of benzene rings is 1. The van der Waals surface area contributed by atoms with Crippen LogP contribution in [0.4, 0.5) is 5.82 Å². The number of nitrogens with two attached hydrogens (primary N) is 1. The fourth-order valence-corrected chi connectivity index (χ4v) is 3.06. The van der Waals surface area contributed by atoms with Crippen molar-refractivity contribution in [2.45, 2.75) is 25.3 Å². The Hall–Kier alpha value is -2.47. The van der Waals surface area contributed by atoms with E-state index in [1.54, 1.807) is 0 Å². The Morgan fingerprint density at radius 3 is 2.71 bits per heavy atom. The first-order valence-corrected chi connectivity index (χ1v) is 8.22. The Kier molecular flexibility index (Phi) is 5.38. The quantitative estimate of drug-likeness (QED) is 0.849. The van der Waals surface area contributed by atoms with Gasteiger partial charge in [-0.3, -0.25) is 4.79 Å². The van der Waals surface area contributed by atoms with Gasteiger partial charge in [-0.25, -0.2) is 9.97 Å². The summed E-state index contributed by atoms with van der Waals surface area (Å²) in [5.74, 6) is 0.749. The van der Waals surface area contributed by atoms with Crippen molar-refractivity contribution < 1.29 is 9.53 Å². The van der Waals surface area contributed by atoms with Crippen LogP contribution in [0.25, 0.3) is 11.3 Å². The highest BCUT2D eigenvalue weighted by Crippen LogP contribution is 2.25. The summed E-state index contributed by atoms with van der Waals surface area (Å²) in [5.41, 5.74) is 7.31. The van der Waals surface area contributed by atoms with Crippen LogP contribution in [0.5, 0.6) is 0 Å². The van der Waals surface area contributed by atoms with Crippen LogP contribution in [0.15, 0.2) is 42.7 Å². The molecule has 0 spiro atoms. The molecule has 0 aliphatic carbocycles. The zero-order valence-corrected chi connectivity index (χ0v) is 13.5. The zero-order chi connectivity index (χ0) is 16.8. The molecule has 1 unspecified atom stereocenters. The van der Waals surface area contributed by atoms with Crippen LogP contribution in [-0.2, 0) is 9.53 Å². The standard InChI is InChI=1S/C18H22N4O2/c19-17(23)10-16(14-6-8-24-9-7-14)22-18-11-15(20-12-21-18)13-4-2-1-3-5-13/h1-5,11-12,14,16H,6-10H2,(H2,19,23)(H,20,21,22). The smallest absolute Gasteiger partial charge is 0.219 e. The molecule has 2 heterocycles. The molecule has 0 bridgehead atoms. The Balaban J connectivity index is 1.77. The molecule has 1 saturated heterocycles. The van der Waals surface area contributed by atoms with Crippen LogP contribution in [0.1, 0.15) is 19.3 Å². The van der Waals surface area contributed by atoms with E-state index in [1.165, 1.54) is 6.33 Å². The minimum atomic E-state index is -0.309. The first-order chi connectivity index (χ1) is 11.7. The second-order valence-corrected chi connectivity index (χ2v) is 6.03. The number of rotatable bonds is 6. The molecule has 1 amide bonds. The second-order valence-electron chi connectivity index (χ2n) is 6.03. The average molecular weight is 326 g/mol. The van der Waals surface area contributed by atoms with Gasteiger partial charge in [-0.05, 0) is 18.8 Å². The summed E-state index contributed by atoms with van der Waals surface area (Å²) in [6, 6.07) is 11.8. The van der Waals surface area contributed by atoms with Crippen LogP contribution in [-0.4, -0.2) is 35.1 Å². The Bertz CT molecular complexity index is 672. The van der Waals surface area contributed by atoms with Crippen molar-refractivity contribution in [3.05, 3.63) is 42.7 Å². The molecule has 1 fully saturated rings. The molecule has 3 rings (SSSR count). The minimum Gasteiger partial charge on any atom is -0.381 e. The summed E-state index contributed by atoms with van der Waals surface area (Å²) in [4.78, 5) is 20.1. The number of amides is 1. The number of anilines is 1. The van der Waals surface area contributed by atoms with Gasteiger partial charge in [0.25, 0.3) is 0 Å². The maximum absolute atomic E-state index is 11.4. The Morgan fingerprint density at radius 2 is 2.00 bits per heavy atom. The largest absolute Gasteiger partial charge is 0.381 e. The highest BCUT2D eigenvalue weighted by atomic mass is 16.5. The van der Waals surface area contributed by atoms with Crippen LogP contribution in [0.2, 0.25) is 0 Å². The summed E-state index contributed by atoms with van der Waals surface area (Å²) >= 11 is 0. The first kappa shape index (κ1) is 16.4. The molecule has 126 valence electrons. The van der Waals surface area contributed by atoms with Crippen LogP contribution >= 0.6 is 0 Å². The number of ether oxygens (including phenoxy) is 1. The van der Waals surface area contributed by atoms with Crippen molar-refractivity contribution in [3.63, 3.8) is 0 Å². The first-order valence-electron chi connectivity index (χ1n) is 8.22. The van der Waals surface area contributed by atoms with E-state index in [0.717, 1.165) is 37.3 Å². The third-order valence-corrected chi connectivity index (χ3v) is 4.33. The molecule has 2 aromatic rings. The van der Waals surface area contributed by atoms with E-state index in [-0.39, 0.29) is 18.4 Å². The number of primary amides is 1. The van der Waals surface area contributed by atoms with E-state index in [0.29, 0.717) is 11.7 Å². The molecule has 0 radical (unpaired) electrons. The maximum Gasteiger partial charge on any atom is 0.219 e. The molecule has 6 nitrogen and oxygen atoms in total. The van der Waals surface area contributed by atoms with Gasteiger partial charge in [0.15, 0.2) is 0 Å². The molecule has 1 aliphatic heterocycles. The minimum absolute atomic E-state index is 0.0371. The third kappa shape index (κ3) is 4.29. The highest BCUT2D eigenvalue weighted by Gasteiger charge is 2.26. The van der Waals surface area contributed by atoms with Gasteiger partial charge in [-0.15, -0.1) is 0 Å². The van der Waals surface area contributed by atoms with E-state index in [4.69, 9.17) is 10.5 Å². The number of nitrogens with zero attached hydrogens (tertiary/aromatic N) is 2. The van der Waals surface area contributed by atoms with E-state index < -0.39 is 0 Å². The van der Waals surface area contributed by atoms with Gasteiger partial charge in [0, 0.05) is 37.3 Å². The summed E-state index contributed by atoms with van der Waals surface area (Å²) in [6.07, 6.45) is 3.66. The number of carbonyl (C=O) groups excluding carboxylic acids is 1. The fourth-order valence-electron chi connectivity index (χ4n) is 3.06. The molecular formula is C18H22N4O2. The lowest BCUT2D eigenvalue weighted by Gasteiger charge is -2.30. The van der Waals surface area contributed by atoms with Crippen molar-refractivity contribution in [1.82, 2.24) is 9.97 Å². The summed E-state index contributed by atoms with van der Waals surface area (Å²) in [6.45, 7) is 1.45. The number of hydrogen-bond donors (Lipinski definition) is 2. The van der Waals surface area contributed by atoms with Crippen molar-refractivity contribution in [3.8, 4) is 11.3 Å². The van der Waals surface area contributed by atoms with Gasteiger partial charge in [-0.2, -0.15) is 0 Å². The van der Waals surface area contributed by atoms with Crippen molar-refractivity contribution in [2.75, 3.05) is 18.5 Å². The molecule has 1 atom stereocenters. The van der Waals surface area contributed by atoms with Gasteiger partial charge < -0.3 is 15.8 Å². The Labute approximate surface area is 141 Å². The van der Waals surface area contributed by atoms with Gasteiger partial charge in [-0.1, -0.05) is 30.3 Å². The van der Waals surface area contributed by atoms with Crippen molar-refractivity contribution in [1.29, 1.82) is 0 Å². The molecule has 1 aliphatic rings. The maximum atomic E-state index is 11.4. The number of aromatic nitrogens is 2. The predicted molar refractivity (Wildman–Crippen MR) is 92.2 cm³/mol. The summed E-state index contributed by atoms with van der Waals surface area (Å²) in [7, 11) is 0. The van der Waals surface area contributed by atoms with Gasteiger partial charge >= 0.3 is 0 Å². The molecule has 1 aromatic carbocycles. The third-order valence-electron chi connectivity index (χ3n) is 4.33. The fraction of sp³-hybridized carbons (Fsp3) is 0.389. The lowest BCUT2D eigenvalue weighted by Crippen LogP contribution is -2.37. The summed E-state index contributed by atoms with van der Waals surface area (Å²) in [5, 5.41) is 3.38. The zero-order valence-electron chi connectivity index (χ0n) is 13.5. The van der Waals surface area contributed by atoms with Crippen molar-refractivity contribution >= 4 is 11.7 Å². The van der Waals surface area contributed by atoms with Crippen molar-refractivity contribution in [2.24, 2.45) is 11.7 Å². The van der Waals surface area contributed by atoms with Gasteiger partial charge in [0.2, 0.25) is 5.91 Å². The summed E-state index contributed by atoms with van der Waals surface area (Å²) < 4.78 is 5.41. The monoisotopic (exact) mass is 326 g/mol. The molecule has 3 N–H and O–H groups in total. The van der Waals surface area contributed by atoms with Crippen LogP contribution in [0.3, 0.4) is 0 Å². The number of nitrogens with one attached hydrogen (secondary N) is 1. The molecule has 1 aromatic heterocycles. The van der Waals surface area contributed by atoms with Gasteiger partial charge in [0.1, 0.15) is 12.1 Å². The van der Waals surface area contributed by atoms with Gasteiger partial charge in [0.05, 0.1) is 5.69 Å². The number of carbonyl (C=O) groups is 1. The lowest BCUT2D eigenvalue weighted by atomic mass is 9.89. The lowest BCUT2D eigenvalue weighted by molar-refractivity contribution is -0.118. The molecular weight excluding hydrogens is 304 g/mol. The average Bonchev–Trinajstić information content (AvgIpc) is 2.62. The van der Waals surface area contributed by atoms with E-state index in [2.05, 4.69) is 15.3 Å². The highest BCUT2D eigenvalue weighted by molar-refractivity contribution is 5.75. The topological polar surface area (TPSA) is 90.1 Å². The van der Waals surface area contributed by atoms with Crippen LogP contribution in [0, 0.1) is 5.92 Å². The molecule has 24 heavy (non-hydrogen) atoms. The van der Waals surface area contributed by atoms with E-state index in [1.807, 2.05) is 36.4 Å². The predicted octanol–water partition coefficient (Wildman–Crippen LogP) is 2.23. The number of hydrogen-bond acceptors (Lipinski definition) is 5. The second kappa shape index (κ2) is 7.88. The van der Waals surface area contributed by atoms with Crippen LogP contribution < -0.4 is 11.1 Å². The van der Waals surface area contributed by atoms with E-state index in [9.17, 15) is 4.79 Å². The molecule has 0 saturated carbocycles. The normalized spacial score (nSPS) is 16.5.